The van der Waals surface area contributed by atoms with E-state index in [1.807, 2.05) is 24.3 Å². The van der Waals surface area contributed by atoms with Crippen molar-refractivity contribution in [2.45, 2.75) is 84.2 Å². The van der Waals surface area contributed by atoms with Crippen molar-refractivity contribution in [3.8, 4) is 16.5 Å². The molecule has 0 bridgehead atoms. The lowest BCUT2D eigenvalue weighted by Gasteiger charge is -2.33. The largest absolute Gasteiger partial charge is 0.496 e. The van der Waals surface area contributed by atoms with E-state index >= 15 is 0 Å². The van der Waals surface area contributed by atoms with E-state index in [0.717, 1.165) is 23.3 Å². The summed E-state index contributed by atoms with van der Waals surface area (Å²) in [5.74, 6) is -0.837. The van der Waals surface area contributed by atoms with Gasteiger partial charge in [-0.15, -0.1) is 11.3 Å². The fourth-order valence-corrected chi connectivity index (χ4v) is 8.44. The van der Waals surface area contributed by atoms with Gasteiger partial charge in [0, 0.05) is 12.6 Å². The first-order valence-electron chi connectivity index (χ1n) is 15.4. The molecule has 5 atom stereocenters. The van der Waals surface area contributed by atoms with Gasteiger partial charge in [0.1, 0.15) is 28.7 Å². The second-order valence-corrected chi connectivity index (χ2v) is 14.6. The second kappa shape index (κ2) is 12.5. The number of fused-ring (bicyclic) bond motifs is 1. The summed E-state index contributed by atoms with van der Waals surface area (Å²) in [5.41, 5.74) is -0.230. The number of aromatic nitrogens is 1. The Labute approximate surface area is 273 Å². The molecule has 1 aromatic carbocycles. The van der Waals surface area contributed by atoms with Crippen LogP contribution in [0.2, 0.25) is 0 Å². The summed E-state index contributed by atoms with van der Waals surface area (Å²) >= 11 is 1.17. The molecular weight excluding hydrogens is 610 g/mol. The Morgan fingerprint density at radius 2 is 1.85 bits per heavy atom. The van der Waals surface area contributed by atoms with E-state index in [2.05, 4.69) is 18.8 Å². The van der Waals surface area contributed by atoms with Crippen molar-refractivity contribution >= 4 is 34.6 Å². The van der Waals surface area contributed by atoms with Gasteiger partial charge in [-0.2, -0.15) is 0 Å². The highest BCUT2D eigenvalue weighted by Crippen LogP contribution is 2.63. The molecule has 2 aliphatic carbocycles. The Kier molecular flexibility index (Phi) is 9.11. The molecule has 11 nitrogen and oxygen atoms in total. The van der Waals surface area contributed by atoms with Crippen molar-refractivity contribution in [1.82, 2.24) is 9.88 Å². The molecule has 2 aromatic heterocycles. The van der Waals surface area contributed by atoms with Crippen LogP contribution in [-0.4, -0.2) is 76.8 Å². The van der Waals surface area contributed by atoms with Gasteiger partial charge in [0.25, 0.3) is 5.91 Å². The molecule has 46 heavy (non-hydrogen) atoms. The van der Waals surface area contributed by atoms with Gasteiger partial charge in [-0.25, -0.2) is 9.78 Å². The van der Waals surface area contributed by atoms with E-state index in [-0.39, 0.29) is 41.0 Å². The molecule has 5 rings (SSSR count). The predicted octanol–water partition coefficient (Wildman–Crippen LogP) is 5.71. The molecule has 2 N–H and O–H groups in total. The number of aliphatic hydroxyl groups excluding tert-OH is 1. The maximum Gasteiger partial charge on any atom is 0.329 e. The first kappa shape index (κ1) is 33.6. The highest BCUT2D eigenvalue weighted by atomic mass is 32.1. The number of carbonyl (C=O) groups excluding carboxylic acids is 2. The molecule has 0 radical (unpaired) electrons. The Morgan fingerprint density at radius 1 is 1.20 bits per heavy atom. The summed E-state index contributed by atoms with van der Waals surface area (Å²) in [6.07, 6.45) is 5.44. The number of benzene rings is 1. The van der Waals surface area contributed by atoms with Crippen LogP contribution in [-0.2, 0) is 14.3 Å². The number of methoxy groups -OCH3 is 1. The molecule has 12 heteroatoms. The SMILES string of the molecule is COc1ccccc1C(CN(C=O)c1sc(-c2ncco2)c(C)c1C(=O)N(C)C(C)(C)C(=O)O)OC1C[C@]2(C)CC(O)C[C@]2(C)C1. The van der Waals surface area contributed by atoms with Crippen LogP contribution >= 0.6 is 11.3 Å². The highest BCUT2D eigenvalue weighted by Gasteiger charge is 2.58. The fraction of sp³-hybridized carbons (Fsp3) is 0.529. The minimum absolute atomic E-state index is 0.0493. The Hall–Kier alpha value is -3.74. The van der Waals surface area contributed by atoms with Crippen molar-refractivity contribution in [1.29, 1.82) is 0 Å². The van der Waals surface area contributed by atoms with Gasteiger partial charge in [-0.05, 0) is 68.9 Å². The minimum atomic E-state index is -1.53. The van der Waals surface area contributed by atoms with Crippen LogP contribution < -0.4 is 9.64 Å². The number of aliphatic carboxylic acids is 1. The van der Waals surface area contributed by atoms with Crippen LogP contribution in [0.4, 0.5) is 5.00 Å². The second-order valence-electron chi connectivity index (χ2n) is 13.6. The number of carboxylic acid groups (broad SMARTS) is 1. The number of aliphatic hydroxyl groups is 1. The lowest BCUT2D eigenvalue weighted by atomic mass is 9.71. The third-order valence-corrected chi connectivity index (χ3v) is 11.7. The van der Waals surface area contributed by atoms with E-state index < -0.39 is 23.5 Å². The summed E-state index contributed by atoms with van der Waals surface area (Å²) in [4.78, 5) is 46.6. The molecule has 0 saturated heterocycles. The van der Waals surface area contributed by atoms with Gasteiger partial charge in [0.15, 0.2) is 0 Å². The zero-order valence-electron chi connectivity index (χ0n) is 27.4. The minimum Gasteiger partial charge on any atom is -0.496 e. The number of oxazole rings is 1. The molecule has 2 fully saturated rings. The van der Waals surface area contributed by atoms with Crippen LogP contribution in [0.1, 0.15) is 81.0 Å². The van der Waals surface area contributed by atoms with Gasteiger partial charge >= 0.3 is 5.97 Å². The summed E-state index contributed by atoms with van der Waals surface area (Å²) in [7, 11) is 3.02. The molecule has 2 aliphatic rings. The lowest BCUT2D eigenvalue weighted by molar-refractivity contribution is -0.147. The quantitative estimate of drug-likeness (QED) is 0.235. The van der Waals surface area contributed by atoms with Gasteiger partial charge in [0.2, 0.25) is 12.3 Å². The number of amides is 2. The van der Waals surface area contributed by atoms with Gasteiger partial charge < -0.3 is 33.9 Å². The van der Waals surface area contributed by atoms with Gasteiger partial charge in [-0.3, -0.25) is 9.59 Å². The van der Waals surface area contributed by atoms with Gasteiger partial charge in [-0.1, -0.05) is 32.0 Å². The number of para-hydroxylation sites is 1. The van der Waals surface area contributed by atoms with Crippen molar-refractivity contribution in [3.05, 3.63) is 53.4 Å². The monoisotopic (exact) mass is 653 g/mol. The van der Waals surface area contributed by atoms with Crippen molar-refractivity contribution in [2.24, 2.45) is 10.8 Å². The maximum atomic E-state index is 14.1. The van der Waals surface area contributed by atoms with E-state index in [9.17, 15) is 24.6 Å². The smallest absolute Gasteiger partial charge is 0.329 e. The molecule has 3 aromatic rings. The number of hydrogen-bond acceptors (Lipinski definition) is 9. The van der Waals surface area contributed by atoms with Crippen molar-refractivity contribution < 1.29 is 38.5 Å². The summed E-state index contributed by atoms with van der Waals surface area (Å²) < 4.78 is 18.2. The Balaban J connectivity index is 1.56. The first-order chi connectivity index (χ1) is 21.7. The summed E-state index contributed by atoms with van der Waals surface area (Å²) in [6.45, 7) is 9.11. The molecule has 0 aliphatic heterocycles. The van der Waals surface area contributed by atoms with Gasteiger partial charge in [0.05, 0.1) is 42.5 Å². The number of likely N-dealkylation sites (N-methyl/N-ethyl adjacent to an activating group) is 1. The van der Waals surface area contributed by atoms with Crippen LogP contribution in [0.25, 0.3) is 10.8 Å². The van der Waals surface area contributed by atoms with E-state index in [1.165, 1.54) is 49.6 Å². The summed E-state index contributed by atoms with van der Waals surface area (Å²) in [6, 6.07) is 7.49. The fourth-order valence-electron chi connectivity index (χ4n) is 7.23. The number of ether oxygens (including phenoxy) is 2. The molecule has 248 valence electrons. The number of hydrogen-bond donors (Lipinski definition) is 2. The van der Waals surface area contributed by atoms with Crippen LogP contribution in [0.5, 0.6) is 5.75 Å². The number of carbonyl (C=O) groups is 3. The van der Waals surface area contributed by atoms with Crippen molar-refractivity contribution in [2.75, 3.05) is 25.6 Å². The molecule has 2 amide bonds. The molecule has 2 heterocycles. The maximum absolute atomic E-state index is 14.1. The standard InChI is InChI=1S/C34H43N3O8S/c1-20-26(29(40)36(6)32(2,3)31(41)42)30(46-27(20)28-35-12-13-44-28)37(19-38)18-25(23-10-8-9-11-24(23)43-7)45-22-16-33(4)14-21(39)15-34(33,5)17-22/h8-13,19,21-22,25,39H,14-18H2,1-7H3,(H,41,42)/t21?,22?,25?,33-,34+. The average Bonchev–Trinajstić information content (AvgIpc) is 3.74. The predicted molar refractivity (Wildman–Crippen MR) is 173 cm³/mol. The molecule has 2 saturated carbocycles. The molecular formula is C34H43N3O8S. The zero-order valence-corrected chi connectivity index (χ0v) is 28.2. The molecule has 3 unspecified atom stereocenters. The van der Waals surface area contributed by atoms with E-state index in [1.54, 1.807) is 14.0 Å². The number of rotatable bonds is 12. The number of carboxylic acids is 1. The lowest BCUT2D eigenvalue weighted by Crippen LogP contribution is -2.51. The Morgan fingerprint density at radius 3 is 2.41 bits per heavy atom. The number of thiophene rings is 1. The summed E-state index contributed by atoms with van der Waals surface area (Å²) in [5, 5.41) is 20.7. The number of nitrogens with zero attached hydrogens (tertiary/aromatic N) is 3. The van der Waals surface area contributed by atoms with Crippen LogP contribution in [0, 0.1) is 17.8 Å². The third kappa shape index (κ3) is 5.82. The average molecular weight is 654 g/mol. The van der Waals surface area contributed by atoms with E-state index in [4.69, 9.17) is 13.9 Å². The third-order valence-electron chi connectivity index (χ3n) is 10.4. The normalized spacial score (nSPS) is 24.8. The van der Waals surface area contributed by atoms with E-state index in [0.29, 0.717) is 40.4 Å². The molecule has 0 spiro atoms. The number of anilines is 1. The topological polar surface area (TPSA) is 143 Å². The zero-order chi connectivity index (χ0) is 33.6. The highest BCUT2D eigenvalue weighted by molar-refractivity contribution is 7.20. The van der Waals surface area contributed by atoms with Crippen LogP contribution in [0.15, 0.2) is 41.1 Å². The van der Waals surface area contributed by atoms with Crippen LogP contribution in [0.3, 0.4) is 0 Å². The Bertz CT molecular complexity index is 1580. The van der Waals surface area contributed by atoms with Crippen molar-refractivity contribution in [3.63, 3.8) is 0 Å². The first-order valence-corrected chi connectivity index (χ1v) is 16.2.